The average molecular weight is 213 g/mol. The smallest absolute Gasteiger partial charge is 0.338 e. The number of furan rings is 1. The second-order valence-electron chi connectivity index (χ2n) is 3.55. The van der Waals surface area contributed by atoms with E-state index in [1.807, 2.05) is 18.9 Å². The van der Waals surface area contributed by atoms with E-state index < -0.39 is 5.97 Å². The fourth-order valence-corrected chi connectivity index (χ4v) is 1.12. The summed E-state index contributed by atoms with van der Waals surface area (Å²) in [6.45, 7) is 2.42. The van der Waals surface area contributed by atoms with Gasteiger partial charge < -0.3 is 14.6 Å². The Morgan fingerprint density at radius 2 is 2.33 bits per heavy atom. The maximum Gasteiger partial charge on any atom is 0.338 e. The average Bonchev–Trinajstić information content (AvgIpc) is 2.65. The molecule has 1 aromatic rings. The van der Waals surface area contributed by atoms with Gasteiger partial charge >= 0.3 is 5.97 Å². The van der Waals surface area contributed by atoms with Crippen molar-refractivity contribution in [3.8, 4) is 0 Å². The van der Waals surface area contributed by atoms with Gasteiger partial charge in [0.05, 0.1) is 18.7 Å². The van der Waals surface area contributed by atoms with Crippen molar-refractivity contribution in [2.45, 2.75) is 19.5 Å². The van der Waals surface area contributed by atoms with Gasteiger partial charge in [-0.15, -0.1) is 0 Å². The minimum absolute atomic E-state index is 0.0170. The summed E-state index contributed by atoms with van der Waals surface area (Å²) in [6.07, 6.45) is 1.22. The van der Waals surface area contributed by atoms with E-state index in [0.717, 1.165) is 0 Å². The van der Waals surface area contributed by atoms with Gasteiger partial charge in [-0.25, -0.2) is 4.79 Å². The molecule has 15 heavy (non-hydrogen) atoms. The van der Waals surface area contributed by atoms with Crippen molar-refractivity contribution in [2.24, 2.45) is 0 Å². The molecule has 1 rings (SSSR count). The number of carboxylic acids is 1. The predicted molar refractivity (Wildman–Crippen MR) is 53.7 cm³/mol. The highest BCUT2D eigenvalue weighted by atomic mass is 16.4. The van der Waals surface area contributed by atoms with E-state index in [4.69, 9.17) is 14.6 Å². The number of nitrogens with zero attached hydrogens (tertiary/aromatic N) is 1. The second kappa shape index (κ2) is 4.95. The number of carbonyl (C=O) groups is 1. The molecule has 0 bridgehead atoms. The van der Waals surface area contributed by atoms with Crippen molar-refractivity contribution in [3.05, 3.63) is 23.7 Å². The Morgan fingerprint density at radius 1 is 1.67 bits per heavy atom. The van der Waals surface area contributed by atoms with Gasteiger partial charge in [-0.2, -0.15) is 0 Å². The zero-order valence-corrected chi connectivity index (χ0v) is 8.80. The Bertz CT molecular complexity index is 334. The summed E-state index contributed by atoms with van der Waals surface area (Å²) in [6, 6.07) is 1.51. The lowest BCUT2D eigenvalue weighted by Crippen LogP contribution is -2.31. The van der Waals surface area contributed by atoms with Crippen molar-refractivity contribution in [1.82, 2.24) is 4.90 Å². The van der Waals surface area contributed by atoms with Crippen LogP contribution in [0.3, 0.4) is 0 Å². The van der Waals surface area contributed by atoms with Crippen LogP contribution in [0.2, 0.25) is 0 Å². The maximum absolute atomic E-state index is 10.6. The first-order chi connectivity index (χ1) is 7.04. The Hall–Kier alpha value is -1.33. The first-order valence-electron chi connectivity index (χ1n) is 4.66. The predicted octanol–water partition coefficient (Wildman–Crippen LogP) is 0.790. The van der Waals surface area contributed by atoms with Gasteiger partial charge in [-0.1, -0.05) is 0 Å². The summed E-state index contributed by atoms with van der Waals surface area (Å²) < 4.78 is 5.09. The SMILES string of the molecule is CC(CO)N(C)Cc1cc(C(=O)O)co1. The molecule has 2 N–H and O–H groups in total. The number of rotatable bonds is 5. The number of carboxylic acid groups (broad SMARTS) is 1. The molecule has 0 aliphatic carbocycles. The standard InChI is InChI=1S/C10H15NO4/c1-7(5-12)11(2)4-9-3-8(6-15-9)10(13)14/h3,6-7,12H,4-5H2,1-2H3,(H,13,14). The highest BCUT2D eigenvalue weighted by Gasteiger charge is 2.12. The Balaban J connectivity index is 2.61. The quantitative estimate of drug-likeness (QED) is 0.756. The molecule has 0 saturated heterocycles. The van der Waals surface area contributed by atoms with E-state index in [1.165, 1.54) is 12.3 Å². The molecule has 84 valence electrons. The zero-order valence-electron chi connectivity index (χ0n) is 8.80. The monoisotopic (exact) mass is 213 g/mol. The zero-order chi connectivity index (χ0) is 11.4. The summed E-state index contributed by atoms with van der Waals surface area (Å²) in [5.74, 6) is -0.418. The molecule has 0 spiro atoms. The van der Waals surface area contributed by atoms with Gasteiger partial charge in [-0.3, -0.25) is 4.90 Å². The fourth-order valence-electron chi connectivity index (χ4n) is 1.12. The van der Waals surface area contributed by atoms with E-state index in [9.17, 15) is 4.79 Å². The summed E-state index contributed by atoms with van der Waals surface area (Å²) in [5.41, 5.74) is 0.148. The molecule has 0 radical (unpaired) electrons. The molecule has 5 heteroatoms. The fraction of sp³-hybridized carbons (Fsp3) is 0.500. The lowest BCUT2D eigenvalue weighted by Gasteiger charge is -2.21. The molecule has 0 aliphatic rings. The topological polar surface area (TPSA) is 73.9 Å². The van der Waals surface area contributed by atoms with E-state index in [1.54, 1.807) is 0 Å². The van der Waals surface area contributed by atoms with Crippen LogP contribution in [0.1, 0.15) is 23.0 Å². The first kappa shape index (κ1) is 11.7. The van der Waals surface area contributed by atoms with Crippen LogP contribution >= 0.6 is 0 Å². The highest BCUT2D eigenvalue weighted by Crippen LogP contribution is 2.11. The van der Waals surface area contributed by atoms with Gasteiger partial charge in [-0.05, 0) is 20.0 Å². The summed E-state index contributed by atoms with van der Waals surface area (Å²) in [7, 11) is 1.84. The largest absolute Gasteiger partial charge is 0.478 e. The third kappa shape index (κ3) is 3.07. The Labute approximate surface area is 87.9 Å². The van der Waals surface area contributed by atoms with Crippen LogP contribution in [-0.2, 0) is 6.54 Å². The minimum atomic E-state index is -0.997. The number of likely N-dealkylation sites (N-methyl/N-ethyl adjacent to an activating group) is 1. The number of hydrogen-bond acceptors (Lipinski definition) is 4. The van der Waals surface area contributed by atoms with Crippen molar-refractivity contribution in [3.63, 3.8) is 0 Å². The molecule has 0 saturated carbocycles. The van der Waals surface area contributed by atoms with Crippen LogP contribution < -0.4 is 0 Å². The number of aliphatic hydroxyl groups excluding tert-OH is 1. The molecule has 1 heterocycles. The van der Waals surface area contributed by atoms with Crippen LogP contribution in [0.15, 0.2) is 16.7 Å². The lowest BCUT2D eigenvalue weighted by molar-refractivity contribution is 0.0696. The van der Waals surface area contributed by atoms with E-state index in [2.05, 4.69) is 0 Å². The van der Waals surface area contributed by atoms with Gasteiger partial charge in [0.2, 0.25) is 0 Å². The first-order valence-corrected chi connectivity index (χ1v) is 4.66. The summed E-state index contributed by atoms with van der Waals surface area (Å²) in [4.78, 5) is 12.5. The number of aromatic carboxylic acids is 1. The molecule has 0 fully saturated rings. The maximum atomic E-state index is 10.6. The van der Waals surface area contributed by atoms with Crippen LogP contribution in [-0.4, -0.2) is 40.8 Å². The van der Waals surface area contributed by atoms with E-state index in [0.29, 0.717) is 12.3 Å². The molecule has 0 amide bonds. The molecular weight excluding hydrogens is 198 g/mol. The Kier molecular flexibility index (Phi) is 3.88. The molecule has 0 aromatic carbocycles. The van der Waals surface area contributed by atoms with Crippen LogP contribution in [0.5, 0.6) is 0 Å². The third-order valence-electron chi connectivity index (χ3n) is 2.32. The summed E-state index contributed by atoms with van der Waals surface area (Å²) in [5, 5.41) is 17.6. The van der Waals surface area contributed by atoms with Gasteiger partial charge in [0.1, 0.15) is 12.0 Å². The molecule has 1 aromatic heterocycles. The van der Waals surface area contributed by atoms with E-state index >= 15 is 0 Å². The second-order valence-corrected chi connectivity index (χ2v) is 3.55. The third-order valence-corrected chi connectivity index (χ3v) is 2.32. The number of hydrogen-bond donors (Lipinski definition) is 2. The van der Waals surface area contributed by atoms with Gasteiger partial charge in [0.25, 0.3) is 0 Å². The highest BCUT2D eigenvalue weighted by molar-refractivity contribution is 5.87. The van der Waals surface area contributed by atoms with Crippen molar-refractivity contribution in [1.29, 1.82) is 0 Å². The molecular formula is C10H15NO4. The normalized spacial score (nSPS) is 13.1. The molecule has 0 aliphatic heterocycles. The van der Waals surface area contributed by atoms with Crippen LogP contribution in [0, 0.1) is 0 Å². The van der Waals surface area contributed by atoms with Crippen LogP contribution in [0.4, 0.5) is 0 Å². The van der Waals surface area contributed by atoms with Gasteiger partial charge in [0.15, 0.2) is 0 Å². The van der Waals surface area contributed by atoms with E-state index in [-0.39, 0.29) is 18.2 Å². The van der Waals surface area contributed by atoms with Crippen molar-refractivity contribution >= 4 is 5.97 Å². The molecule has 1 atom stereocenters. The number of aliphatic hydroxyl groups is 1. The minimum Gasteiger partial charge on any atom is -0.478 e. The Morgan fingerprint density at radius 3 is 2.80 bits per heavy atom. The molecule has 1 unspecified atom stereocenters. The summed E-state index contributed by atoms with van der Waals surface area (Å²) >= 11 is 0. The van der Waals surface area contributed by atoms with Crippen molar-refractivity contribution in [2.75, 3.05) is 13.7 Å². The van der Waals surface area contributed by atoms with Gasteiger partial charge in [0, 0.05) is 6.04 Å². The van der Waals surface area contributed by atoms with Crippen LogP contribution in [0.25, 0.3) is 0 Å². The van der Waals surface area contributed by atoms with Crippen molar-refractivity contribution < 1.29 is 19.4 Å². The molecule has 5 nitrogen and oxygen atoms in total. The lowest BCUT2D eigenvalue weighted by atomic mass is 10.2.